The zero-order valence-corrected chi connectivity index (χ0v) is 12.0. The van der Waals surface area contributed by atoms with Crippen molar-refractivity contribution < 1.29 is 4.79 Å². The van der Waals surface area contributed by atoms with Crippen LogP contribution in [-0.2, 0) is 6.54 Å². The fraction of sp³-hybridized carbons (Fsp3) is 0.0588. The van der Waals surface area contributed by atoms with E-state index >= 15 is 0 Å². The predicted octanol–water partition coefficient (Wildman–Crippen LogP) is 4.06. The molecule has 0 radical (unpaired) electrons. The van der Waals surface area contributed by atoms with E-state index in [1.807, 2.05) is 54.6 Å². The molecule has 104 valence electrons. The van der Waals surface area contributed by atoms with Crippen LogP contribution >= 0.6 is 11.6 Å². The third-order valence-electron chi connectivity index (χ3n) is 3.20. The number of carbonyl (C=O) groups excluding carboxylic acids is 1. The maximum absolute atomic E-state index is 11.2. The number of benzene rings is 2. The molecule has 0 fully saturated rings. The molecule has 2 aromatic carbocycles. The second-order valence-corrected chi connectivity index (χ2v) is 5.18. The van der Waals surface area contributed by atoms with E-state index in [2.05, 4.69) is 5.10 Å². The van der Waals surface area contributed by atoms with E-state index < -0.39 is 0 Å². The molecule has 0 spiro atoms. The first-order valence-corrected chi connectivity index (χ1v) is 6.96. The van der Waals surface area contributed by atoms with E-state index in [0.717, 1.165) is 17.4 Å². The van der Waals surface area contributed by atoms with Gasteiger partial charge in [0.15, 0.2) is 6.29 Å². The topological polar surface area (TPSA) is 34.9 Å². The summed E-state index contributed by atoms with van der Waals surface area (Å²) in [5.41, 5.74) is 3.27. The minimum Gasteiger partial charge on any atom is -0.298 e. The minimum atomic E-state index is 0.578. The predicted molar refractivity (Wildman–Crippen MR) is 83.6 cm³/mol. The Kier molecular flexibility index (Phi) is 3.84. The Morgan fingerprint density at radius 1 is 1.10 bits per heavy atom. The summed E-state index contributed by atoms with van der Waals surface area (Å²) in [7, 11) is 0. The number of rotatable bonds is 4. The van der Waals surface area contributed by atoms with Crippen LogP contribution in [-0.4, -0.2) is 16.1 Å². The SMILES string of the molecule is O=Cc1cn(Cc2cccc(Cl)c2)nc1-c1ccccc1. The van der Waals surface area contributed by atoms with Crippen LogP contribution in [0.1, 0.15) is 15.9 Å². The minimum absolute atomic E-state index is 0.578. The van der Waals surface area contributed by atoms with Crippen molar-refractivity contribution in [2.75, 3.05) is 0 Å². The summed E-state index contributed by atoms with van der Waals surface area (Å²) in [6.07, 6.45) is 2.60. The molecule has 0 unspecified atom stereocenters. The fourth-order valence-corrected chi connectivity index (χ4v) is 2.46. The van der Waals surface area contributed by atoms with Crippen LogP contribution < -0.4 is 0 Å². The second kappa shape index (κ2) is 5.94. The Balaban J connectivity index is 1.95. The van der Waals surface area contributed by atoms with Gasteiger partial charge in [-0.1, -0.05) is 54.1 Å². The standard InChI is InChI=1S/C17H13ClN2O/c18-16-8-4-5-13(9-16)10-20-11-15(12-21)17(19-20)14-6-2-1-3-7-14/h1-9,11-12H,10H2. The second-order valence-electron chi connectivity index (χ2n) is 4.74. The fourth-order valence-electron chi connectivity index (χ4n) is 2.25. The first-order chi connectivity index (χ1) is 10.3. The molecule has 0 bridgehead atoms. The zero-order valence-electron chi connectivity index (χ0n) is 11.2. The lowest BCUT2D eigenvalue weighted by molar-refractivity contribution is 0.112. The number of halogens is 1. The van der Waals surface area contributed by atoms with E-state index in [1.54, 1.807) is 10.9 Å². The van der Waals surface area contributed by atoms with Gasteiger partial charge < -0.3 is 0 Å². The normalized spacial score (nSPS) is 10.5. The van der Waals surface area contributed by atoms with Gasteiger partial charge in [0.25, 0.3) is 0 Å². The molecule has 0 aliphatic rings. The molecule has 21 heavy (non-hydrogen) atoms. The van der Waals surface area contributed by atoms with Crippen LogP contribution in [0.25, 0.3) is 11.3 Å². The van der Waals surface area contributed by atoms with Gasteiger partial charge in [-0.05, 0) is 17.7 Å². The maximum Gasteiger partial charge on any atom is 0.153 e. The Labute approximate surface area is 127 Å². The van der Waals surface area contributed by atoms with E-state index in [9.17, 15) is 4.79 Å². The van der Waals surface area contributed by atoms with Crippen molar-refractivity contribution in [1.29, 1.82) is 0 Å². The van der Waals surface area contributed by atoms with Crippen LogP contribution in [0.4, 0.5) is 0 Å². The molecule has 3 aromatic rings. The summed E-state index contributed by atoms with van der Waals surface area (Å²) in [4.78, 5) is 11.2. The first-order valence-electron chi connectivity index (χ1n) is 6.59. The summed E-state index contributed by atoms with van der Waals surface area (Å²) in [6, 6.07) is 17.3. The highest BCUT2D eigenvalue weighted by Crippen LogP contribution is 2.21. The monoisotopic (exact) mass is 296 g/mol. The summed E-state index contributed by atoms with van der Waals surface area (Å²) < 4.78 is 1.76. The molecule has 0 amide bonds. The molecule has 1 aromatic heterocycles. The Morgan fingerprint density at radius 3 is 2.62 bits per heavy atom. The van der Waals surface area contributed by atoms with Crippen molar-refractivity contribution in [3.63, 3.8) is 0 Å². The lowest BCUT2D eigenvalue weighted by Gasteiger charge is -2.02. The Bertz CT molecular complexity index is 765. The van der Waals surface area contributed by atoms with Gasteiger partial charge in [-0.3, -0.25) is 9.48 Å². The van der Waals surface area contributed by atoms with Crippen LogP contribution in [0.5, 0.6) is 0 Å². The number of hydrogen-bond acceptors (Lipinski definition) is 2. The summed E-state index contributed by atoms with van der Waals surface area (Å²) in [5.74, 6) is 0. The van der Waals surface area contributed by atoms with Gasteiger partial charge in [-0.15, -0.1) is 0 Å². The molecule has 0 atom stereocenters. The number of aldehydes is 1. The van der Waals surface area contributed by atoms with Gasteiger partial charge in [0, 0.05) is 16.8 Å². The van der Waals surface area contributed by atoms with Crippen molar-refractivity contribution in [3.8, 4) is 11.3 Å². The molecule has 4 heteroatoms. The van der Waals surface area contributed by atoms with E-state index in [1.165, 1.54) is 0 Å². The third kappa shape index (κ3) is 3.03. The van der Waals surface area contributed by atoms with Crippen LogP contribution in [0.3, 0.4) is 0 Å². The highest BCUT2D eigenvalue weighted by Gasteiger charge is 2.10. The van der Waals surface area contributed by atoms with E-state index in [-0.39, 0.29) is 0 Å². The van der Waals surface area contributed by atoms with Gasteiger partial charge in [-0.2, -0.15) is 5.10 Å². The average molecular weight is 297 g/mol. The number of aromatic nitrogens is 2. The van der Waals surface area contributed by atoms with Gasteiger partial charge in [0.1, 0.15) is 5.69 Å². The summed E-state index contributed by atoms with van der Waals surface area (Å²) >= 11 is 5.98. The number of hydrogen-bond donors (Lipinski definition) is 0. The van der Waals surface area contributed by atoms with E-state index in [4.69, 9.17) is 11.6 Å². The van der Waals surface area contributed by atoms with Crippen molar-refractivity contribution in [3.05, 3.63) is 76.9 Å². The molecule has 3 nitrogen and oxygen atoms in total. The van der Waals surface area contributed by atoms with Gasteiger partial charge in [0.05, 0.1) is 12.1 Å². The molecule has 0 saturated carbocycles. The van der Waals surface area contributed by atoms with Crippen molar-refractivity contribution in [1.82, 2.24) is 9.78 Å². The van der Waals surface area contributed by atoms with Gasteiger partial charge >= 0.3 is 0 Å². The zero-order chi connectivity index (χ0) is 14.7. The highest BCUT2D eigenvalue weighted by atomic mass is 35.5. The highest BCUT2D eigenvalue weighted by molar-refractivity contribution is 6.30. The largest absolute Gasteiger partial charge is 0.298 e. The van der Waals surface area contributed by atoms with Crippen molar-refractivity contribution in [2.24, 2.45) is 0 Å². The quantitative estimate of drug-likeness (QED) is 0.680. The molecule has 0 aliphatic carbocycles. The molecule has 1 heterocycles. The summed E-state index contributed by atoms with van der Waals surface area (Å²) in [6.45, 7) is 0.578. The molecular formula is C17H13ClN2O. The summed E-state index contributed by atoms with van der Waals surface area (Å²) in [5, 5.41) is 5.21. The molecule has 0 N–H and O–H groups in total. The maximum atomic E-state index is 11.2. The Hall–Kier alpha value is -2.39. The smallest absolute Gasteiger partial charge is 0.153 e. The van der Waals surface area contributed by atoms with Crippen LogP contribution in [0, 0.1) is 0 Å². The lowest BCUT2D eigenvalue weighted by Crippen LogP contribution is -2.00. The van der Waals surface area contributed by atoms with Crippen molar-refractivity contribution in [2.45, 2.75) is 6.54 Å². The third-order valence-corrected chi connectivity index (χ3v) is 3.43. The molecule has 3 rings (SSSR count). The molecular weight excluding hydrogens is 284 g/mol. The van der Waals surface area contributed by atoms with Crippen LogP contribution in [0.2, 0.25) is 5.02 Å². The van der Waals surface area contributed by atoms with Crippen molar-refractivity contribution >= 4 is 17.9 Å². The molecule has 0 saturated heterocycles. The number of carbonyl (C=O) groups is 1. The van der Waals surface area contributed by atoms with Gasteiger partial charge in [0.2, 0.25) is 0 Å². The van der Waals surface area contributed by atoms with Crippen LogP contribution in [0.15, 0.2) is 60.8 Å². The van der Waals surface area contributed by atoms with Gasteiger partial charge in [-0.25, -0.2) is 0 Å². The number of nitrogens with zero attached hydrogens (tertiary/aromatic N) is 2. The average Bonchev–Trinajstić information content (AvgIpc) is 2.91. The first kappa shape index (κ1) is 13.6. The lowest BCUT2D eigenvalue weighted by atomic mass is 10.1. The molecule has 0 aliphatic heterocycles. The van der Waals surface area contributed by atoms with E-state index in [0.29, 0.717) is 22.8 Å². The Morgan fingerprint density at radius 2 is 1.90 bits per heavy atom.